The lowest BCUT2D eigenvalue weighted by molar-refractivity contribution is -0.120. The zero-order valence-corrected chi connectivity index (χ0v) is 14.5. The van der Waals surface area contributed by atoms with Crippen molar-refractivity contribution in [2.75, 3.05) is 18.4 Å². The minimum absolute atomic E-state index is 0.115. The van der Waals surface area contributed by atoms with Crippen LogP contribution >= 0.6 is 0 Å². The molecule has 3 rings (SSSR count). The van der Waals surface area contributed by atoms with Gasteiger partial charge >= 0.3 is 0 Å². The molecule has 1 aliphatic heterocycles. The number of benzene rings is 1. The van der Waals surface area contributed by atoms with Crippen LogP contribution in [0.15, 0.2) is 47.6 Å². The van der Waals surface area contributed by atoms with Crippen molar-refractivity contribution in [3.05, 3.63) is 54.4 Å². The SMILES string of the molecule is O=C(Nc1ccc(F)c(F)c1)C1CCN(S(=O)(=O)c2cccnc2)CC1. The lowest BCUT2D eigenvalue weighted by Crippen LogP contribution is -2.41. The number of anilines is 1. The van der Waals surface area contributed by atoms with E-state index in [1.165, 1.54) is 28.8 Å². The maximum Gasteiger partial charge on any atom is 0.244 e. The molecule has 0 saturated carbocycles. The normalized spacial score (nSPS) is 16.4. The molecule has 2 aromatic rings. The highest BCUT2D eigenvalue weighted by molar-refractivity contribution is 7.89. The second kappa shape index (κ2) is 7.46. The number of piperidine rings is 1. The summed E-state index contributed by atoms with van der Waals surface area (Å²) in [7, 11) is -3.63. The van der Waals surface area contributed by atoms with Gasteiger partial charge in [0.1, 0.15) is 4.90 Å². The fourth-order valence-electron chi connectivity index (χ4n) is 2.83. The van der Waals surface area contributed by atoms with Crippen molar-refractivity contribution in [3.8, 4) is 0 Å². The van der Waals surface area contributed by atoms with Crippen LogP contribution in [0.4, 0.5) is 14.5 Å². The van der Waals surface area contributed by atoms with Gasteiger partial charge in [-0.05, 0) is 37.1 Å². The van der Waals surface area contributed by atoms with Crippen LogP contribution in [0.2, 0.25) is 0 Å². The van der Waals surface area contributed by atoms with E-state index in [0.29, 0.717) is 12.8 Å². The molecular formula is C17H17F2N3O3S. The highest BCUT2D eigenvalue weighted by Gasteiger charge is 2.32. The number of aromatic nitrogens is 1. The summed E-state index contributed by atoms with van der Waals surface area (Å²) in [5.74, 6) is -2.77. The minimum Gasteiger partial charge on any atom is -0.326 e. The molecule has 0 atom stereocenters. The first-order chi connectivity index (χ1) is 12.4. The molecule has 1 aliphatic rings. The standard InChI is InChI=1S/C17H17F2N3O3S/c18-15-4-3-13(10-16(15)19)21-17(23)12-5-8-22(9-6-12)26(24,25)14-2-1-7-20-11-14/h1-4,7,10-12H,5-6,8-9H2,(H,21,23). The summed E-state index contributed by atoms with van der Waals surface area (Å²) in [6, 6.07) is 6.15. The van der Waals surface area contributed by atoms with Crippen molar-refractivity contribution >= 4 is 21.6 Å². The Hall–Kier alpha value is -2.39. The number of hydrogen-bond acceptors (Lipinski definition) is 4. The maximum absolute atomic E-state index is 13.2. The predicted molar refractivity (Wildman–Crippen MR) is 90.7 cm³/mol. The molecule has 0 bridgehead atoms. The lowest BCUT2D eigenvalue weighted by Gasteiger charge is -2.30. The van der Waals surface area contributed by atoms with Crippen molar-refractivity contribution in [1.29, 1.82) is 0 Å². The molecule has 1 aromatic carbocycles. The number of carbonyl (C=O) groups excluding carboxylic acids is 1. The number of carbonyl (C=O) groups is 1. The van der Waals surface area contributed by atoms with Gasteiger partial charge in [-0.15, -0.1) is 0 Å². The third kappa shape index (κ3) is 3.88. The van der Waals surface area contributed by atoms with Gasteiger partial charge in [-0.2, -0.15) is 4.31 Å². The third-order valence-electron chi connectivity index (χ3n) is 4.28. The molecule has 0 radical (unpaired) electrons. The van der Waals surface area contributed by atoms with Crippen molar-refractivity contribution in [1.82, 2.24) is 9.29 Å². The highest BCUT2D eigenvalue weighted by Crippen LogP contribution is 2.24. The van der Waals surface area contributed by atoms with Crippen LogP contribution in [-0.2, 0) is 14.8 Å². The number of sulfonamides is 1. The van der Waals surface area contributed by atoms with Crippen LogP contribution < -0.4 is 5.32 Å². The molecule has 1 N–H and O–H groups in total. The van der Waals surface area contributed by atoms with Crippen LogP contribution in [0.1, 0.15) is 12.8 Å². The van der Waals surface area contributed by atoms with Crippen LogP contribution in [0.3, 0.4) is 0 Å². The molecule has 0 unspecified atom stereocenters. The first kappa shape index (κ1) is 18.4. The predicted octanol–water partition coefficient (Wildman–Crippen LogP) is 2.40. The van der Waals surface area contributed by atoms with Gasteiger partial charge < -0.3 is 5.32 Å². The number of hydrogen-bond donors (Lipinski definition) is 1. The summed E-state index contributed by atoms with van der Waals surface area (Å²) in [5.41, 5.74) is 0.166. The summed E-state index contributed by atoms with van der Waals surface area (Å²) in [6.07, 6.45) is 3.47. The third-order valence-corrected chi connectivity index (χ3v) is 6.17. The largest absolute Gasteiger partial charge is 0.326 e. The van der Waals surface area contributed by atoms with E-state index in [-0.39, 0.29) is 29.6 Å². The average molecular weight is 381 g/mol. The minimum atomic E-state index is -3.63. The molecule has 1 aromatic heterocycles. The molecule has 0 aliphatic carbocycles. The fraction of sp³-hybridized carbons (Fsp3) is 0.294. The average Bonchev–Trinajstić information content (AvgIpc) is 2.65. The van der Waals surface area contributed by atoms with Crippen LogP contribution in [0.25, 0.3) is 0 Å². The van der Waals surface area contributed by atoms with Gasteiger partial charge in [0.25, 0.3) is 0 Å². The number of nitrogens with zero attached hydrogens (tertiary/aromatic N) is 2. The van der Waals surface area contributed by atoms with Gasteiger partial charge in [0, 0.05) is 43.2 Å². The Balaban J connectivity index is 1.61. The molecule has 9 heteroatoms. The monoisotopic (exact) mass is 381 g/mol. The van der Waals surface area contributed by atoms with Gasteiger partial charge in [-0.3, -0.25) is 9.78 Å². The van der Waals surface area contributed by atoms with Crippen molar-refractivity contribution in [2.45, 2.75) is 17.7 Å². The molecule has 138 valence electrons. The van der Waals surface area contributed by atoms with E-state index < -0.39 is 27.6 Å². The summed E-state index contributed by atoms with van der Waals surface area (Å²) in [4.78, 5) is 16.2. The smallest absolute Gasteiger partial charge is 0.244 e. The van der Waals surface area contributed by atoms with E-state index >= 15 is 0 Å². The number of halogens is 2. The summed E-state index contributed by atoms with van der Waals surface area (Å²) in [5, 5.41) is 2.54. The second-order valence-electron chi connectivity index (χ2n) is 5.99. The zero-order chi connectivity index (χ0) is 18.7. The Bertz CT molecular complexity index is 899. The topological polar surface area (TPSA) is 79.4 Å². The van der Waals surface area contributed by atoms with Crippen LogP contribution in [-0.4, -0.2) is 36.7 Å². The number of rotatable bonds is 4. The van der Waals surface area contributed by atoms with E-state index in [9.17, 15) is 22.0 Å². The molecule has 2 heterocycles. The number of nitrogens with one attached hydrogen (secondary N) is 1. The first-order valence-corrected chi connectivity index (χ1v) is 9.48. The van der Waals surface area contributed by atoms with Crippen LogP contribution in [0.5, 0.6) is 0 Å². The van der Waals surface area contributed by atoms with E-state index in [0.717, 1.165) is 12.1 Å². The van der Waals surface area contributed by atoms with Crippen molar-refractivity contribution in [3.63, 3.8) is 0 Å². The zero-order valence-electron chi connectivity index (χ0n) is 13.7. The Labute approximate surface area is 149 Å². The van der Waals surface area contributed by atoms with Gasteiger partial charge in [-0.1, -0.05) is 0 Å². The quantitative estimate of drug-likeness (QED) is 0.882. The lowest BCUT2D eigenvalue weighted by atomic mass is 9.97. The van der Waals surface area contributed by atoms with Crippen molar-refractivity contribution < 1.29 is 22.0 Å². The molecule has 1 saturated heterocycles. The number of amides is 1. The highest BCUT2D eigenvalue weighted by atomic mass is 32.2. The summed E-state index contributed by atoms with van der Waals surface area (Å²) in [6.45, 7) is 0.403. The molecule has 26 heavy (non-hydrogen) atoms. The second-order valence-corrected chi connectivity index (χ2v) is 7.92. The van der Waals surface area contributed by atoms with Crippen molar-refractivity contribution in [2.24, 2.45) is 5.92 Å². The van der Waals surface area contributed by atoms with Gasteiger partial charge in [0.05, 0.1) is 0 Å². The van der Waals surface area contributed by atoms with E-state index in [1.54, 1.807) is 6.07 Å². The fourth-order valence-corrected chi connectivity index (χ4v) is 4.26. The molecule has 6 nitrogen and oxygen atoms in total. The molecule has 1 fully saturated rings. The van der Waals surface area contributed by atoms with Gasteiger partial charge in [0.15, 0.2) is 11.6 Å². The molecular weight excluding hydrogens is 364 g/mol. The Morgan fingerprint density at radius 1 is 1.15 bits per heavy atom. The Morgan fingerprint density at radius 3 is 2.50 bits per heavy atom. The Kier molecular flexibility index (Phi) is 5.28. The van der Waals surface area contributed by atoms with Gasteiger partial charge in [-0.25, -0.2) is 17.2 Å². The van der Waals surface area contributed by atoms with Crippen LogP contribution in [0, 0.1) is 17.6 Å². The number of pyridine rings is 1. The molecule has 0 spiro atoms. The first-order valence-electron chi connectivity index (χ1n) is 8.04. The van der Waals surface area contributed by atoms with Gasteiger partial charge in [0.2, 0.25) is 15.9 Å². The molecule has 1 amide bonds. The maximum atomic E-state index is 13.2. The van der Waals surface area contributed by atoms with E-state index in [1.807, 2.05) is 0 Å². The van der Waals surface area contributed by atoms with E-state index in [4.69, 9.17) is 0 Å². The Morgan fingerprint density at radius 2 is 1.88 bits per heavy atom. The summed E-state index contributed by atoms with van der Waals surface area (Å²) < 4.78 is 52.5. The van der Waals surface area contributed by atoms with E-state index in [2.05, 4.69) is 10.3 Å². The summed E-state index contributed by atoms with van der Waals surface area (Å²) >= 11 is 0.